The van der Waals surface area contributed by atoms with Crippen molar-refractivity contribution in [1.82, 2.24) is 10.2 Å². The molecule has 1 aromatic rings. The average Bonchev–Trinajstić information content (AvgIpc) is 2.95. The standard InChI is InChI=1S/C15H24N2S/c1-11-6-8-18-15(11)12(2)16-9-13-5-7-17(10-13)14-3-4-14/h6,8,12-14,16H,3-5,7,9-10H2,1-2H3. The minimum Gasteiger partial charge on any atom is -0.309 e. The molecule has 0 bridgehead atoms. The van der Waals surface area contributed by atoms with Crippen molar-refractivity contribution in [2.45, 2.75) is 45.2 Å². The topological polar surface area (TPSA) is 15.3 Å². The zero-order valence-electron chi connectivity index (χ0n) is 11.5. The van der Waals surface area contributed by atoms with Crippen LogP contribution in [0, 0.1) is 12.8 Å². The summed E-state index contributed by atoms with van der Waals surface area (Å²) in [6, 6.07) is 3.69. The summed E-state index contributed by atoms with van der Waals surface area (Å²) in [6.07, 6.45) is 4.29. The van der Waals surface area contributed by atoms with E-state index in [2.05, 4.69) is 35.5 Å². The fourth-order valence-electron chi connectivity index (χ4n) is 3.06. The van der Waals surface area contributed by atoms with E-state index >= 15 is 0 Å². The normalized spacial score (nSPS) is 26.7. The van der Waals surface area contributed by atoms with Gasteiger partial charge in [0.1, 0.15) is 0 Å². The molecule has 0 radical (unpaired) electrons. The van der Waals surface area contributed by atoms with E-state index in [4.69, 9.17) is 0 Å². The molecule has 100 valence electrons. The molecule has 18 heavy (non-hydrogen) atoms. The Morgan fingerprint density at radius 1 is 1.44 bits per heavy atom. The van der Waals surface area contributed by atoms with Gasteiger partial charge in [0.15, 0.2) is 0 Å². The number of aryl methyl sites for hydroxylation is 1. The maximum atomic E-state index is 3.73. The minimum atomic E-state index is 0.514. The summed E-state index contributed by atoms with van der Waals surface area (Å²) in [5.74, 6) is 0.869. The van der Waals surface area contributed by atoms with Gasteiger partial charge in [0.25, 0.3) is 0 Å². The Bertz CT molecular complexity index is 397. The third-order valence-corrected chi connectivity index (χ3v) is 5.59. The van der Waals surface area contributed by atoms with E-state index in [1.807, 2.05) is 11.3 Å². The van der Waals surface area contributed by atoms with Gasteiger partial charge in [0.2, 0.25) is 0 Å². The molecule has 1 saturated heterocycles. The summed E-state index contributed by atoms with van der Waals surface area (Å²) < 4.78 is 0. The van der Waals surface area contributed by atoms with E-state index in [0.29, 0.717) is 6.04 Å². The first-order chi connectivity index (χ1) is 8.74. The average molecular weight is 264 g/mol. The maximum absolute atomic E-state index is 3.73. The molecule has 2 unspecified atom stereocenters. The van der Waals surface area contributed by atoms with Crippen LogP contribution in [0.1, 0.15) is 42.7 Å². The molecule has 1 aliphatic carbocycles. The molecule has 0 aromatic carbocycles. The van der Waals surface area contributed by atoms with Gasteiger partial charge < -0.3 is 10.2 Å². The van der Waals surface area contributed by atoms with Crippen LogP contribution in [-0.2, 0) is 0 Å². The summed E-state index contributed by atoms with van der Waals surface area (Å²) in [5.41, 5.74) is 1.44. The van der Waals surface area contributed by atoms with E-state index < -0.39 is 0 Å². The fourth-order valence-corrected chi connectivity index (χ4v) is 4.02. The lowest BCUT2D eigenvalue weighted by molar-refractivity contribution is 0.310. The number of likely N-dealkylation sites (tertiary alicyclic amines) is 1. The number of nitrogens with one attached hydrogen (secondary N) is 1. The number of hydrogen-bond acceptors (Lipinski definition) is 3. The van der Waals surface area contributed by atoms with Gasteiger partial charge in [0, 0.05) is 23.5 Å². The van der Waals surface area contributed by atoms with Gasteiger partial charge in [-0.1, -0.05) is 0 Å². The summed E-state index contributed by atoms with van der Waals surface area (Å²) in [5, 5.41) is 5.93. The van der Waals surface area contributed by atoms with Gasteiger partial charge in [-0.15, -0.1) is 11.3 Å². The highest BCUT2D eigenvalue weighted by atomic mass is 32.1. The van der Waals surface area contributed by atoms with Crippen LogP contribution in [0.4, 0.5) is 0 Å². The molecular weight excluding hydrogens is 240 g/mol. The second-order valence-electron chi connectivity index (χ2n) is 5.98. The first-order valence-electron chi connectivity index (χ1n) is 7.25. The zero-order chi connectivity index (χ0) is 12.5. The Morgan fingerprint density at radius 3 is 2.94 bits per heavy atom. The molecule has 1 aromatic heterocycles. The molecule has 1 aliphatic heterocycles. The Kier molecular flexibility index (Phi) is 3.73. The molecule has 3 rings (SSSR count). The van der Waals surface area contributed by atoms with Crippen molar-refractivity contribution in [1.29, 1.82) is 0 Å². The van der Waals surface area contributed by atoms with Crippen LogP contribution in [0.15, 0.2) is 11.4 Å². The minimum absolute atomic E-state index is 0.514. The van der Waals surface area contributed by atoms with E-state index in [1.54, 1.807) is 0 Å². The van der Waals surface area contributed by atoms with E-state index in [0.717, 1.165) is 12.0 Å². The lowest BCUT2D eigenvalue weighted by atomic mass is 10.1. The number of rotatable bonds is 5. The molecule has 2 heterocycles. The molecule has 1 saturated carbocycles. The van der Waals surface area contributed by atoms with E-state index in [-0.39, 0.29) is 0 Å². The van der Waals surface area contributed by atoms with Crippen molar-refractivity contribution < 1.29 is 0 Å². The third-order valence-electron chi connectivity index (χ3n) is 4.39. The second-order valence-corrected chi connectivity index (χ2v) is 6.93. The van der Waals surface area contributed by atoms with E-state index in [1.165, 1.54) is 49.3 Å². The lowest BCUT2D eigenvalue weighted by Gasteiger charge is -2.18. The van der Waals surface area contributed by atoms with E-state index in [9.17, 15) is 0 Å². The van der Waals surface area contributed by atoms with Crippen molar-refractivity contribution >= 4 is 11.3 Å². The quantitative estimate of drug-likeness (QED) is 0.878. The SMILES string of the molecule is Cc1ccsc1C(C)NCC1CCN(C2CC2)C1. The number of nitrogens with zero attached hydrogens (tertiary/aromatic N) is 1. The van der Waals surface area contributed by atoms with Crippen LogP contribution in [0.5, 0.6) is 0 Å². The molecule has 2 nitrogen and oxygen atoms in total. The van der Waals surface area contributed by atoms with Gasteiger partial charge in [-0.05, 0) is 69.1 Å². The van der Waals surface area contributed by atoms with Gasteiger partial charge in [-0.2, -0.15) is 0 Å². The highest BCUT2D eigenvalue weighted by Crippen LogP contribution is 2.32. The molecule has 2 atom stereocenters. The van der Waals surface area contributed by atoms with Crippen molar-refractivity contribution in [2.24, 2.45) is 5.92 Å². The van der Waals surface area contributed by atoms with Gasteiger partial charge in [0.05, 0.1) is 0 Å². The zero-order valence-corrected chi connectivity index (χ0v) is 12.3. The largest absolute Gasteiger partial charge is 0.309 e. The first-order valence-corrected chi connectivity index (χ1v) is 8.13. The summed E-state index contributed by atoms with van der Waals surface area (Å²) in [7, 11) is 0. The van der Waals surface area contributed by atoms with Crippen LogP contribution < -0.4 is 5.32 Å². The van der Waals surface area contributed by atoms with Crippen molar-refractivity contribution in [3.05, 3.63) is 21.9 Å². The maximum Gasteiger partial charge on any atom is 0.0388 e. The fraction of sp³-hybridized carbons (Fsp3) is 0.733. The Hall–Kier alpha value is -0.380. The summed E-state index contributed by atoms with van der Waals surface area (Å²) in [4.78, 5) is 4.21. The Balaban J connectivity index is 1.45. The smallest absolute Gasteiger partial charge is 0.0388 e. The molecule has 0 amide bonds. The molecule has 2 fully saturated rings. The molecule has 2 aliphatic rings. The second kappa shape index (κ2) is 5.32. The highest BCUT2D eigenvalue weighted by Gasteiger charge is 2.34. The molecule has 3 heteroatoms. The highest BCUT2D eigenvalue weighted by molar-refractivity contribution is 7.10. The summed E-state index contributed by atoms with van der Waals surface area (Å²) in [6.45, 7) is 8.36. The molecule has 1 N–H and O–H groups in total. The lowest BCUT2D eigenvalue weighted by Crippen LogP contribution is -2.29. The summed E-state index contributed by atoms with van der Waals surface area (Å²) >= 11 is 1.88. The monoisotopic (exact) mass is 264 g/mol. The third kappa shape index (κ3) is 2.79. The predicted octanol–water partition coefficient (Wildman–Crippen LogP) is 3.19. The van der Waals surface area contributed by atoms with Crippen LogP contribution in [-0.4, -0.2) is 30.6 Å². The van der Waals surface area contributed by atoms with Crippen molar-refractivity contribution in [2.75, 3.05) is 19.6 Å². The molecular formula is C15H24N2S. The Morgan fingerprint density at radius 2 is 2.28 bits per heavy atom. The van der Waals surface area contributed by atoms with Crippen LogP contribution >= 0.6 is 11.3 Å². The number of thiophene rings is 1. The number of hydrogen-bond donors (Lipinski definition) is 1. The van der Waals surface area contributed by atoms with Gasteiger partial charge >= 0.3 is 0 Å². The van der Waals surface area contributed by atoms with Gasteiger partial charge in [-0.3, -0.25) is 0 Å². The Labute approximate surface area is 114 Å². The predicted molar refractivity (Wildman–Crippen MR) is 78.2 cm³/mol. The van der Waals surface area contributed by atoms with Crippen LogP contribution in [0.25, 0.3) is 0 Å². The van der Waals surface area contributed by atoms with Crippen molar-refractivity contribution in [3.63, 3.8) is 0 Å². The van der Waals surface area contributed by atoms with Crippen molar-refractivity contribution in [3.8, 4) is 0 Å². The molecule has 0 spiro atoms. The van der Waals surface area contributed by atoms with Gasteiger partial charge in [-0.25, -0.2) is 0 Å². The van der Waals surface area contributed by atoms with Crippen LogP contribution in [0.2, 0.25) is 0 Å². The first kappa shape index (κ1) is 12.6. The van der Waals surface area contributed by atoms with Crippen LogP contribution in [0.3, 0.4) is 0 Å².